The average molecular weight is 339 g/mol. The monoisotopic (exact) mass is 339 g/mol. The Morgan fingerprint density at radius 3 is 2.72 bits per heavy atom. The number of aryl methyl sites for hydroxylation is 1. The molecule has 3 heterocycles. The van der Waals surface area contributed by atoms with Crippen LogP contribution in [-0.2, 0) is 11.8 Å². The number of amides is 2. The van der Waals surface area contributed by atoms with Crippen LogP contribution < -0.4 is 5.32 Å². The summed E-state index contributed by atoms with van der Waals surface area (Å²) in [7, 11) is 1.84. The highest BCUT2D eigenvalue weighted by molar-refractivity contribution is 5.94. The van der Waals surface area contributed by atoms with E-state index in [1.54, 1.807) is 52.5 Å². The van der Waals surface area contributed by atoms with Crippen molar-refractivity contribution in [3.63, 3.8) is 0 Å². The van der Waals surface area contributed by atoms with Crippen LogP contribution in [0, 0.1) is 0 Å². The molecule has 0 saturated carbocycles. The summed E-state index contributed by atoms with van der Waals surface area (Å²) >= 11 is 0. The molecule has 1 aliphatic heterocycles. The minimum atomic E-state index is -0.116. The van der Waals surface area contributed by atoms with Crippen LogP contribution in [0.2, 0.25) is 0 Å². The van der Waals surface area contributed by atoms with Gasteiger partial charge in [0.05, 0.1) is 11.8 Å². The molecule has 7 heteroatoms. The van der Waals surface area contributed by atoms with Crippen LogP contribution >= 0.6 is 0 Å². The van der Waals surface area contributed by atoms with Crippen LogP contribution in [0.1, 0.15) is 28.8 Å². The van der Waals surface area contributed by atoms with Crippen molar-refractivity contribution in [1.82, 2.24) is 25.0 Å². The lowest BCUT2D eigenvalue weighted by Gasteiger charge is -2.31. The van der Waals surface area contributed by atoms with E-state index in [4.69, 9.17) is 0 Å². The molecule has 25 heavy (non-hydrogen) atoms. The lowest BCUT2D eigenvalue weighted by molar-refractivity contribution is -0.126. The SMILES string of the molecule is Cn1cc(/C=C/C(=O)N2CCC(NC(=O)c3cccnc3)CC2)cn1. The Morgan fingerprint density at radius 1 is 1.28 bits per heavy atom. The summed E-state index contributed by atoms with van der Waals surface area (Å²) in [6.45, 7) is 1.27. The minimum absolute atomic E-state index is 0.0131. The molecule has 0 radical (unpaired) electrons. The standard InChI is InChI=1S/C18H21N5O2/c1-22-13-14(11-20-22)4-5-17(24)23-9-6-16(7-10-23)21-18(25)15-3-2-8-19-12-15/h2-5,8,11-13,16H,6-7,9-10H2,1H3,(H,21,25)/b5-4+. The first-order valence-corrected chi connectivity index (χ1v) is 8.28. The third-order valence-electron chi connectivity index (χ3n) is 4.21. The molecule has 2 amide bonds. The Balaban J connectivity index is 1.47. The van der Waals surface area contributed by atoms with Gasteiger partial charge in [-0.05, 0) is 31.1 Å². The number of piperidine rings is 1. The average Bonchev–Trinajstić information content (AvgIpc) is 3.06. The van der Waals surface area contributed by atoms with Crippen LogP contribution in [0.5, 0.6) is 0 Å². The van der Waals surface area contributed by atoms with E-state index >= 15 is 0 Å². The van der Waals surface area contributed by atoms with E-state index in [2.05, 4.69) is 15.4 Å². The van der Waals surface area contributed by atoms with Crippen LogP contribution in [0.4, 0.5) is 0 Å². The molecule has 1 saturated heterocycles. The van der Waals surface area contributed by atoms with Gasteiger partial charge in [0.1, 0.15) is 0 Å². The zero-order valence-corrected chi connectivity index (χ0v) is 14.1. The number of rotatable bonds is 4. The van der Waals surface area contributed by atoms with Gasteiger partial charge in [0, 0.05) is 56.4 Å². The van der Waals surface area contributed by atoms with Gasteiger partial charge in [0.15, 0.2) is 0 Å². The van der Waals surface area contributed by atoms with E-state index in [1.165, 1.54) is 0 Å². The van der Waals surface area contributed by atoms with Gasteiger partial charge >= 0.3 is 0 Å². The molecule has 0 atom stereocenters. The summed E-state index contributed by atoms with van der Waals surface area (Å²) < 4.78 is 1.70. The fraction of sp³-hybridized carbons (Fsp3) is 0.333. The zero-order chi connectivity index (χ0) is 17.6. The van der Waals surface area contributed by atoms with Gasteiger partial charge in [0.25, 0.3) is 5.91 Å². The van der Waals surface area contributed by atoms with Crippen molar-refractivity contribution < 1.29 is 9.59 Å². The van der Waals surface area contributed by atoms with E-state index in [0.29, 0.717) is 18.7 Å². The largest absolute Gasteiger partial charge is 0.349 e. The maximum Gasteiger partial charge on any atom is 0.253 e. The Kier molecular flexibility index (Phi) is 5.23. The van der Waals surface area contributed by atoms with E-state index in [1.807, 2.05) is 13.2 Å². The summed E-state index contributed by atoms with van der Waals surface area (Å²) in [5.41, 5.74) is 1.45. The first-order chi connectivity index (χ1) is 12.1. The summed E-state index contributed by atoms with van der Waals surface area (Å²) in [4.78, 5) is 30.1. The fourth-order valence-corrected chi connectivity index (χ4v) is 2.81. The lowest BCUT2D eigenvalue weighted by Crippen LogP contribution is -2.46. The Morgan fingerprint density at radius 2 is 2.08 bits per heavy atom. The Bertz CT molecular complexity index is 761. The first kappa shape index (κ1) is 16.9. The molecule has 1 fully saturated rings. The van der Waals surface area contributed by atoms with Gasteiger partial charge < -0.3 is 10.2 Å². The molecule has 0 spiro atoms. The van der Waals surface area contributed by atoms with E-state index in [9.17, 15) is 9.59 Å². The van der Waals surface area contributed by atoms with Crippen molar-refractivity contribution in [3.05, 3.63) is 54.1 Å². The third kappa shape index (κ3) is 4.53. The van der Waals surface area contributed by atoms with Crippen molar-refractivity contribution in [3.8, 4) is 0 Å². The number of nitrogens with one attached hydrogen (secondary N) is 1. The highest BCUT2D eigenvalue weighted by atomic mass is 16.2. The lowest BCUT2D eigenvalue weighted by atomic mass is 10.0. The smallest absolute Gasteiger partial charge is 0.253 e. The van der Waals surface area contributed by atoms with E-state index in [0.717, 1.165) is 18.4 Å². The predicted octanol–water partition coefficient (Wildman–Crippen LogP) is 1.25. The summed E-state index contributed by atoms with van der Waals surface area (Å²) in [5.74, 6) is -0.129. The highest BCUT2D eigenvalue weighted by Gasteiger charge is 2.23. The number of nitrogens with zero attached hydrogens (tertiary/aromatic N) is 4. The van der Waals surface area contributed by atoms with Gasteiger partial charge in [-0.1, -0.05) is 0 Å². The number of pyridine rings is 1. The molecule has 1 aliphatic rings. The van der Waals surface area contributed by atoms with Crippen molar-refractivity contribution in [2.24, 2.45) is 7.05 Å². The van der Waals surface area contributed by atoms with Crippen molar-refractivity contribution in [2.75, 3.05) is 13.1 Å². The number of carbonyl (C=O) groups excluding carboxylic acids is 2. The molecule has 0 unspecified atom stereocenters. The third-order valence-corrected chi connectivity index (χ3v) is 4.21. The second-order valence-corrected chi connectivity index (χ2v) is 6.10. The van der Waals surface area contributed by atoms with Crippen molar-refractivity contribution >= 4 is 17.9 Å². The molecule has 130 valence electrons. The van der Waals surface area contributed by atoms with Crippen LogP contribution in [0.15, 0.2) is 43.0 Å². The van der Waals surface area contributed by atoms with E-state index < -0.39 is 0 Å². The molecular weight excluding hydrogens is 318 g/mol. The zero-order valence-electron chi connectivity index (χ0n) is 14.1. The summed E-state index contributed by atoms with van der Waals surface area (Å²) in [6.07, 6.45) is 11.6. The predicted molar refractivity (Wildman–Crippen MR) is 93.5 cm³/mol. The number of likely N-dealkylation sites (tertiary alicyclic amines) is 1. The molecule has 1 N–H and O–H groups in total. The van der Waals surface area contributed by atoms with Crippen molar-refractivity contribution in [2.45, 2.75) is 18.9 Å². The molecule has 0 aromatic carbocycles. The second-order valence-electron chi connectivity index (χ2n) is 6.10. The molecule has 0 bridgehead atoms. The van der Waals surface area contributed by atoms with Crippen molar-refractivity contribution in [1.29, 1.82) is 0 Å². The van der Waals surface area contributed by atoms with Gasteiger partial charge in [-0.3, -0.25) is 19.3 Å². The van der Waals surface area contributed by atoms with Crippen LogP contribution in [0.25, 0.3) is 6.08 Å². The fourth-order valence-electron chi connectivity index (χ4n) is 2.81. The second kappa shape index (κ2) is 7.74. The van der Waals surface area contributed by atoms with Crippen LogP contribution in [-0.4, -0.2) is 50.6 Å². The normalized spacial score (nSPS) is 15.5. The maximum atomic E-state index is 12.2. The minimum Gasteiger partial charge on any atom is -0.349 e. The molecule has 7 nitrogen and oxygen atoms in total. The molecular formula is C18H21N5O2. The number of carbonyl (C=O) groups is 2. The van der Waals surface area contributed by atoms with Gasteiger partial charge in [-0.2, -0.15) is 5.10 Å². The summed E-state index contributed by atoms with van der Waals surface area (Å²) in [6, 6.07) is 3.56. The Labute approximate surface area is 146 Å². The number of hydrogen-bond donors (Lipinski definition) is 1. The van der Waals surface area contributed by atoms with Gasteiger partial charge in [-0.15, -0.1) is 0 Å². The van der Waals surface area contributed by atoms with Gasteiger partial charge in [0.2, 0.25) is 5.91 Å². The molecule has 2 aromatic heterocycles. The van der Waals surface area contributed by atoms with Gasteiger partial charge in [-0.25, -0.2) is 0 Å². The first-order valence-electron chi connectivity index (χ1n) is 8.28. The van der Waals surface area contributed by atoms with E-state index in [-0.39, 0.29) is 17.9 Å². The Hall–Kier alpha value is -2.96. The molecule has 2 aromatic rings. The summed E-state index contributed by atoms with van der Waals surface area (Å²) in [5, 5.41) is 7.07. The number of aromatic nitrogens is 3. The maximum absolute atomic E-state index is 12.2. The highest BCUT2D eigenvalue weighted by Crippen LogP contribution is 2.12. The molecule has 3 rings (SSSR count). The number of hydrogen-bond acceptors (Lipinski definition) is 4. The molecule has 0 aliphatic carbocycles. The quantitative estimate of drug-likeness (QED) is 0.850. The van der Waals surface area contributed by atoms with Crippen LogP contribution in [0.3, 0.4) is 0 Å². The topological polar surface area (TPSA) is 80.1 Å².